The first-order chi connectivity index (χ1) is 14.8. The average molecular weight is 420 g/mol. The Hall–Kier alpha value is -3.34. The third-order valence-corrected chi connectivity index (χ3v) is 5.45. The first kappa shape index (κ1) is 22.3. The van der Waals surface area contributed by atoms with Gasteiger partial charge >= 0.3 is 5.97 Å². The van der Waals surface area contributed by atoms with E-state index in [0.717, 1.165) is 41.2 Å². The normalized spacial score (nSPS) is 10.7. The number of ketones is 1. The molecule has 2 aromatic carbocycles. The molecule has 5 nitrogen and oxygen atoms in total. The third-order valence-electron chi connectivity index (χ3n) is 5.45. The van der Waals surface area contributed by atoms with Crippen molar-refractivity contribution in [3.63, 3.8) is 0 Å². The van der Waals surface area contributed by atoms with Crippen LogP contribution in [0.3, 0.4) is 0 Å². The fourth-order valence-corrected chi connectivity index (χ4v) is 3.85. The van der Waals surface area contributed by atoms with Crippen LogP contribution in [0, 0.1) is 27.7 Å². The first-order valence-corrected chi connectivity index (χ1v) is 10.4. The summed E-state index contributed by atoms with van der Waals surface area (Å²) in [5, 5.41) is 0. The Labute approximate surface area is 183 Å². The number of esters is 1. The van der Waals surface area contributed by atoms with Crippen LogP contribution < -0.4 is 4.74 Å². The Morgan fingerprint density at radius 1 is 0.903 bits per heavy atom. The highest BCUT2D eigenvalue weighted by molar-refractivity contribution is 6.00. The maximum absolute atomic E-state index is 12.7. The summed E-state index contributed by atoms with van der Waals surface area (Å²) >= 11 is 0. The monoisotopic (exact) mass is 419 g/mol. The number of hydrogen-bond acceptors (Lipinski definition) is 4. The van der Waals surface area contributed by atoms with Crippen LogP contribution in [0.1, 0.15) is 48.8 Å². The molecule has 0 spiro atoms. The third kappa shape index (κ3) is 5.43. The van der Waals surface area contributed by atoms with Crippen molar-refractivity contribution >= 4 is 11.8 Å². The van der Waals surface area contributed by atoms with Crippen molar-refractivity contribution in [3.05, 3.63) is 87.7 Å². The van der Waals surface area contributed by atoms with Crippen molar-refractivity contribution in [2.75, 3.05) is 13.7 Å². The molecule has 31 heavy (non-hydrogen) atoms. The molecule has 0 saturated carbocycles. The fourth-order valence-electron chi connectivity index (χ4n) is 3.85. The molecule has 0 N–H and O–H groups in total. The highest BCUT2D eigenvalue weighted by Crippen LogP contribution is 2.19. The van der Waals surface area contributed by atoms with Crippen molar-refractivity contribution in [1.29, 1.82) is 0 Å². The van der Waals surface area contributed by atoms with E-state index < -0.39 is 5.97 Å². The zero-order valence-electron chi connectivity index (χ0n) is 18.8. The van der Waals surface area contributed by atoms with E-state index in [1.165, 1.54) is 5.56 Å². The van der Waals surface area contributed by atoms with Crippen LogP contribution in [0.25, 0.3) is 0 Å². The number of nitrogens with zero attached hydrogens (tertiary/aromatic N) is 1. The van der Waals surface area contributed by atoms with Crippen molar-refractivity contribution < 1.29 is 19.1 Å². The highest BCUT2D eigenvalue weighted by Gasteiger charge is 2.18. The van der Waals surface area contributed by atoms with E-state index in [1.54, 1.807) is 19.2 Å². The topological polar surface area (TPSA) is 57.5 Å². The van der Waals surface area contributed by atoms with E-state index in [0.29, 0.717) is 11.1 Å². The molecule has 0 fully saturated rings. The molecular weight excluding hydrogens is 390 g/mol. The fraction of sp³-hybridized carbons (Fsp3) is 0.308. The lowest BCUT2D eigenvalue weighted by Crippen LogP contribution is -2.15. The van der Waals surface area contributed by atoms with Gasteiger partial charge in [-0.2, -0.15) is 0 Å². The highest BCUT2D eigenvalue weighted by atomic mass is 16.5. The second-order valence-corrected chi connectivity index (χ2v) is 7.91. The number of carbonyl (C=O) groups excluding carboxylic acids is 2. The van der Waals surface area contributed by atoms with Crippen LogP contribution in [-0.2, 0) is 17.7 Å². The second-order valence-electron chi connectivity index (χ2n) is 7.91. The summed E-state index contributed by atoms with van der Waals surface area (Å²) in [5.41, 5.74) is 6.13. The minimum absolute atomic E-state index is 0.193. The van der Waals surface area contributed by atoms with Crippen LogP contribution in [0.4, 0.5) is 0 Å². The Balaban J connectivity index is 1.64. The Kier molecular flexibility index (Phi) is 6.95. The molecule has 5 heteroatoms. The number of hydrogen-bond donors (Lipinski definition) is 0. The van der Waals surface area contributed by atoms with Crippen molar-refractivity contribution in [2.45, 2.75) is 40.7 Å². The summed E-state index contributed by atoms with van der Waals surface area (Å²) < 4.78 is 12.6. The molecular formula is C26H29NO4. The van der Waals surface area contributed by atoms with Crippen molar-refractivity contribution in [2.24, 2.45) is 0 Å². The van der Waals surface area contributed by atoms with Crippen LogP contribution in [0.2, 0.25) is 0 Å². The van der Waals surface area contributed by atoms with E-state index in [1.807, 2.05) is 64.1 Å². The molecule has 0 aliphatic heterocycles. The smallest absolute Gasteiger partial charge is 0.338 e. The Bertz CT molecular complexity index is 1070. The first-order valence-electron chi connectivity index (χ1n) is 10.4. The van der Waals surface area contributed by atoms with Gasteiger partial charge in [-0.3, -0.25) is 4.79 Å². The molecule has 0 aliphatic carbocycles. The molecule has 3 rings (SSSR count). The molecule has 3 aromatic rings. The van der Waals surface area contributed by atoms with Gasteiger partial charge < -0.3 is 14.0 Å². The van der Waals surface area contributed by atoms with Gasteiger partial charge in [-0.05, 0) is 70.0 Å². The Morgan fingerprint density at radius 2 is 1.55 bits per heavy atom. The van der Waals surface area contributed by atoms with E-state index in [-0.39, 0.29) is 12.4 Å². The maximum Gasteiger partial charge on any atom is 0.338 e. The zero-order valence-corrected chi connectivity index (χ0v) is 18.8. The number of aromatic nitrogens is 1. The van der Waals surface area contributed by atoms with Gasteiger partial charge in [0.05, 0.1) is 12.7 Å². The minimum Gasteiger partial charge on any atom is -0.497 e. The molecule has 0 amide bonds. The molecule has 0 radical (unpaired) electrons. The summed E-state index contributed by atoms with van der Waals surface area (Å²) in [7, 11) is 1.65. The van der Waals surface area contributed by atoms with Gasteiger partial charge in [0.1, 0.15) is 5.75 Å². The number of ether oxygens (including phenoxy) is 2. The van der Waals surface area contributed by atoms with Crippen molar-refractivity contribution in [3.8, 4) is 5.75 Å². The summed E-state index contributed by atoms with van der Waals surface area (Å²) in [5.74, 6) is 0.162. The SMILES string of the molecule is COc1ccc(CCn2c(C)cc(C(=O)COC(=O)c3cc(C)cc(C)c3)c2C)cc1. The van der Waals surface area contributed by atoms with E-state index in [4.69, 9.17) is 9.47 Å². The zero-order chi connectivity index (χ0) is 22.5. The van der Waals surface area contributed by atoms with Gasteiger partial charge in [-0.1, -0.05) is 29.3 Å². The summed E-state index contributed by atoms with van der Waals surface area (Å²) in [6, 6.07) is 15.4. The van der Waals surface area contributed by atoms with E-state index >= 15 is 0 Å². The minimum atomic E-state index is -0.478. The Morgan fingerprint density at radius 3 is 2.16 bits per heavy atom. The molecule has 1 aromatic heterocycles. The van der Waals surface area contributed by atoms with E-state index in [9.17, 15) is 9.59 Å². The standard InChI is InChI=1S/C26H29NO4/c1-17-12-18(2)14-22(13-17)26(29)31-16-25(28)24-15-19(3)27(20(24)4)11-10-21-6-8-23(30-5)9-7-21/h6-9,12-15H,10-11,16H2,1-5H3. The molecule has 0 atom stereocenters. The molecule has 1 heterocycles. The predicted molar refractivity (Wildman–Crippen MR) is 121 cm³/mol. The summed E-state index contributed by atoms with van der Waals surface area (Å²) in [6.45, 7) is 8.26. The second kappa shape index (κ2) is 9.65. The molecule has 0 saturated heterocycles. The summed E-state index contributed by atoms with van der Waals surface area (Å²) in [4.78, 5) is 25.1. The van der Waals surface area contributed by atoms with Gasteiger partial charge in [0.25, 0.3) is 0 Å². The van der Waals surface area contributed by atoms with Crippen molar-refractivity contribution in [1.82, 2.24) is 4.57 Å². The number of carbonyl (C=O) groups is 2. The van der Waals surface area contributed by atoms with Gasteiger partial charge in [0.15, 0.2) is 6.61 Å². The number of Topliss-reactive ketones (excluding diaryl/α,β-unsaturated/α-hetero) is 1. The molecule has 162 valence electrons. The van der Waals surface area contributed by atoms with Crippen LogP contribution >= 0.6 is 0 Å². The van der Waals surface area contributed by atoms with Crippen LogP contribution in [0.15, 0.2) is 48.5 Å². The maximum atomic E-state index is 12.7. The number of methoxy groups -OCH3 is 1. The van der Waals surface area contributed by atoms with Gasteiger partial charge in [0.2, 0.25) is 5.78 Å². The van der Waals surface area contributed by atoms with Crippen LogP contribution in [0.5, 0.6) is 5.75 Å². The summed E-state index contributed by atoms with van der Waals surface area (Å²) in [6.07, 6.45) is 0.843. The van der Waals surface area contributed by atoms with Crippen LogP contribution in [-0.4, -0.2) is 30.0 Å². The van der Waals surface area contributed by atoms with E-state index in [2.05, 4.69) is 4.57 Å². The van der Waals surface area contributed by atoms with Gasteiger partial charge in [0, 0.05) is 23.5 Å². The largest absolute Gasteiger partial charge is 0.497 e. The average Bonchev–Trinajstić information content (AvgIpc) is 3.03. The lowest BCUT2D eigenvalue weighted by molar-refractivity contribution is 0.0474. The molecule has 0 aliphatic rings. The quantitative estimate of drug-likeness (QED) is 0.380. The van der Waals surface area contributed by atoms with Gasteiger partial charge in [-0.25, -0.2) is 4.79 Å². The molecule has 0 unspecified atom stereocenters. The molecule has 0 bridgehead atoms. The number of benzene rings is 2. The number of rotatable bonds is 8. The number of aryl methyl sites for hydroxylation is 4. The van der Waals surface area contributed by atoms with Gasteiger partial charge in [-0.15, -0.1) is 0 Å². The lowest BCUT2D eigenvalue weighted by Gasteiger charge is -2.10. The predicted octanol–water partition coefficient (Wildman–Crippen LogP) is 5.01. The lowest BCUT2D eigenvalue weighted by atomic mass is 10.1.